The van der Waals surface area contributed by atoms with E-state index in [-0.39, 0.29) is 5.82 Å². The van der Waals surface area contributed by atoms with Crippen molar-refractivity contribution in [3.05, 3.63) is 47.9 Å². The maximum absolute atomic E-state index is 13.0. The molecule has 1 N–H and O–H groups in total. The molecule has 0 radical (unpaired) electrons. The van der Waals surface area contributed by atoms with Crippen LogP contribution in [-0.2, 0) is 11.3 Å². The van der Waals surface area contributed by atoms with Crippen LogP contribution >= 0.6 is 0 Å². The third-order valence-electron chi connectivity index (χ3n) is 4.90. The second-order valence-corrected chi connectivity index (χ2v) is 6.83. The Morgan fingerprint density at radius 1 is 1.12 bits per heavy atom. The summed E-state index contributed by atoms with van der Waals surface area (Å²) < 4.78 is 18.4. The number of likely N-dealkylation sites (tertiary alicyclic amines) is 1. The van der Waals surface area contributed by atoms with E-state index in [1.807, 2.05) is 24.4 Å². The molecule has 2 fully saturated rings. The Morgan fingerprint density at radius 2 is 1.92 bits per heavy atom. The molecule has 0 amide bonds. The Bertz CT molecular complexity index is 720. The van der Waals surface area contributed by atoms with Crippen molar-refractivity contribution in [1.82, 2.24) is 14.9 Å². The Labute approximate surface area is 153 Å². The van der Waals surface area contributed by atoms with Gasteiger partial charge in [0.25, 0.3) is 0 Å². The monoisotopic (exact) mass is 357 g/mol. The predicted octanol–water partition coefficient (Wildman–Crippen LogP) is 2.14. The van der Waals surface area contributed by atoms with Gasteiger partial charge in [0.2, 0.25) is 5.95 Å². The van der Waals surface area contributed by atoms with Gasteiger partial charge in [-0.2, -0.15) is 4.98 Å². The van der Waals surface area contributed by atoms with Crippen molar-refractivity contribution >= 4 is 11.8 Å². The predicted molar refractivity (Wildman–Crippen MR) is 98.8 cm³/mol. The van der Waals surface area contributed by atoms with Crippen molar-refractivity contribution in [2.75, 3.05) is 49.6 Å². The summed E-state index contributed by atoms with van der Waals surface area (Å²) in [5, 5.41) is 3.46. The van der Waals surface area contributed by atoms with Crippen molar-refractivity contribution in [3.8, 4) is 0 Å². The van der Waals surface area contributed by atoms with Crippen molar-refractivity contribution in [1.29, 1.82) is 0 Å². The molecule has 0 saturated carbocycles. The quantitative estimate of drug-likeness (QED) is 0.885. The van der Waals surface area contributed by atoms with Gasteiger partial charge in [-0.1, -0.05) is 12.1 Å². The van der Waals surface area contributed by atoms with Gasteiger partial charge in [0.1, 0.15) is 11.6 Å². The topological polar surface area (TPSA) is 53.5 Å². The maximum Gasteiger partial charge on any atom is 0.224 e. The number of halogens is 1. The van der Waals surface area contributed by atoms with Crippen LogP contribution in [0.4, 0.5) is 16.2 Å². The first-order valence-electron chi connectivity index (χ1n) is 9.15. The first-order valence-corrected chi connectivity index (χ1v) is 9.15. The minimum absolute atomic E-state index is 0.188. The van der Waals surface area contributed by atoms with E-state index in [0.29, 0.717) is 12.0 Å². The van der Waals surface area contributed by atoms with Gasteiger partial charge >= 0.3 is 0 Å². The third kappa shape index (κ3) is 4.28. The minimum atomic E-state index is -0.188. The summed E-state index contributed by atoms with van der Waals surface area (Å²) in [6.45, 7) is 6.01. The smallest absolute Gasteiger partial charge is 0.224 e. The molecule has 2 saturated heterocycles. The Hall–Kier alpha value is -2.25. The van der Waals surface area contributed by atoms with Gasteiger partial charge in [-0.25, -0.2) is 9.37 Å². The van der Waals surface area contributed by atoms with Crippen LogP contribution in [0.2, 0.25) is 0 Å². The number of hydrogen-bond donors (Lipinski definition) is 1. The largest absolute Gasteiger partial charge is 0.378 e. The highest BCUT2D eigenvalue weighted by atomic mass is 19.1. The highest BCUT2D eigenvalue weighted by Gasteiger charge is 2.23. The van der Waals surface area contributed by atoms with E-state index in [9.17, 15) is 4.39 Å². The van der Waals surface area contributed by atoms with Crippen LogP contribution in [0.5, 0.6) is 0 Å². The number of anilines is 2. The second-order valence-electron chi connectivity index (χ2n) is 6.83. The summed E-state index contributed by atoms with van der Waals surface area (Å²) in [7, 11) is 0. The molecule has 26 heavy (non-hydrogen) atoms. The molecule has 2 aliphatic heterocycles. The van der Waals surface area contributed by atoms with E-state index in [4.69, 9.17) is 4.74 Å². The summed E-state index contributed by atoms with van der Waals surface area (Å²) in [5.74, 6) is 1.45. The molecule has 0 spiro atoms. The van der Waals surface area contributed by atoms with E-state index in [1.54, 1.807) is 0 Å². The molecule has 1 aromatic heterocycles. The van der Waals surface area contributed by atoms with E-state index in [2.05, 4.69) is 25.1 Å². The van der Waals surface area contributed by atoms with Crippen molar-refractivity contribution in [2.45, 2.75) is 19.0 Å². The standard InChI is InChI=1S/C19H24FN5O/c20-16-3-1-15(2-4-16)13-24-8-6-17(14-24)22-19-21-7-5-18(23-19)25-9-11-26-12-10-25/h1-5,7,17H,6,8-14H2,(H,21,22,23). The van der Waals surface area contributed by atoms with E-state index < -0.39 is 0 Å². The lowest BCUT2D eigenvalue weighted by Crippen LogP contribution is -2.37. The molecule has 1 unspecified atom stereocenters. The average molecular weight is 357 g/mol. The van der Waals surface area contributed by atoms with Crippen LogP contribution in [0, 0.1) is 5.82 Å². The van der Waals surface area contributed by atoms with E-state index in [1.165, 1.54) is 12.1 Å². The molecule has 4 rings (SSSR count). The Kier molecular flexibility index (Phi) is 5.26. The zero-order chi connectivity index (χ0) is 17.8. The van der Waals surface area contributed by atoms with Gasteiger partial charge in [-0.3, -0.25) is 4.90 Å². The van der Waals surface area contributed by atoms with E-state index >= 15 is 0 Å². The van der Waals surface area contributed by atoms with Gasteiger partial charge in [0, 0.05) is 45.0 Å². The third-order valence-corrected chi connectivity index (χ3v) is 4.90. The van der Waals surface area contributed by atoms with Crippen molar-refractivity contribution in [3.63, 3.8) is 0 Å². The molecule has 1 atom stereocenters. The van der Waals surface area contributed by atoms with Gasteiger partial charge in [0.15, 0.2) is 0 Å². The zero-order valence-electron chi connectivity index (χ0n) is 14.8. The number of ether oxygens (including phenoxy) is 1. The van der Waals surface area contributed by atoms with Crippen LogP contribution in [-0.4, -0.2) is 60.3 Å². The fourth-order valence-electron chi connectivity index (χ4n) is 3.51. The lowest BCUT2D eigenvalue weighted by molar-refractivity contribution is 0.122. The summed E-state index contributed by atoms with van der Waals surface area (Å²) >= 11 is 0. The molecule has 0 aliphatic carbocycles. The molecule has 3 heterocycles. The fraction of sp³-hybridized carbons (Fsp3) is 0.474. The first-order chi connectivity index (χ1) is 12.8. The molecular weight excluding hydrogens is 333 g/mol. The van der Waals surface area contributed by atoms with Gasteiger partial charge < -0.3 is 15.0 Å². The molecule has 6 nitrogen and oxygen atoms in total. The molecule has 138 valence electrons. The number of aromatic nitrogens is 2. The van der Waals surface area contributed by atoms with Crippen LogP contribution < -0.4 is 10.2 Å². The lowest BCUT2D eigenvalue weighted by atomic mass is 10.2. The molecule has 2 aromatic rings. The normalized spacial score (nSPS) is 21.1. The van der Waals surface area contributed by atoms with Gasteiger partial charge in [-0.15, -0.1) is 0 Å². The highest BCUT2D eigenvalue weighted by molar-refractivity contribution is 5.43. The van der Waals surface area contributed by atoms with Crippen molar-refractivity contribution < 1.29 is 9.13 Å². The van der Waals surface area contributed by atoms with Gasteiger partial charge in [-0.05, 0) is 30.2 Å². The summed E-state index contributed by atoms with van der Waals surface area (Å²) in [5.41, 5.74) is 1.14. The molecular formula is C19H24FN5O. The number of nitrogens with one attached hydrogen (secondary N) is 1. The van der Waals surface area contributed by atoms with Crippen LogP contribution in [0.3, 0.4) is 0 Å². The molecule has 0 bridgehead atoms. The average Bonchev–Trinajstić information content (AvgIpc) is 3.11. The summed E-state index contributed by atoms with van der Waals surface area (Å²) in [6, 6.07) is 9.02. The summed E-state index contributed by atoms with van der Waals surface area (Å²) in [4.78, 5) is 13.6. The highest BCUT2D eigenvalue weighted by Crippen LogP contribution is 2.18. The minimum Gasteiger partial charge on any atom is -0.378 e. The second kappa shape index (κ2) is 7.97. The van der Waals surface area contributed by atoms with E-state index in [0.717, 1.165) is 63.7 Å². The van der Waals surface area contributed by atoms with Crippen LogP contribution in [0.15, 0.2) is 36.5 Å². The molecule has 2 aliphatic rings. The van der Waals surface area contributed by atoms with Crippen LogP contribution in [0.1, 0.15) is 12.0 Å². The number of morpholine rings is 1. The van der Waals surface area contributed by atoms with Gasteiger partial charge in [0.05, 0.1) is 13.2 Å². The number of hydrogen-bond acceptors (Lipinski definition) is 6. The SMILES string of the molecule is Fc1ccc(CN2CCC(Nc3nccc(N4CCOCC4)n3)C2)cc1. The lowest BCUT2D eigenvalue weighted by Gasteiger charge is -2.28. The number of nitrogens with zero attached hydrogens (tertiary/aromatic N) is 4. The molecule has 7 heteroatoms. The first kappa shape index (κ1) is 17.2. The zero-order valence-corrected chi connectivity index (χ0v) is 14.8. The Balaban J connectivity index is 1.32. The summed E-state index contributed by atoms with van der Waals surface area (Å²) in [6.07, 6.45) is 2.86. The number of benzene rings is 1. The molecule has 1 aromatic carbocycles. The van der Waals surface area contributed by atoms with Crippen LogP contribution in [0.25, 0.3) is 0 Å². The number of rotatable bonds is 5. The fourth-order valence-corrected chi connectivity index (χ4v) is 3.51. The maximum atomic E-state index is 13.0. The van der Waals surface area contributed by atoms with Crippen molar-refractivity contribution in [2.24, 2.45) is 0 Å². The Morgan fingerprint density at radius 3 is 2.73 bits per heavy atom.